The Balaban J connectivity index is 1.84. The molecule has 2 fully saturated rings. The van der Waals surface area contributed by atoms with Crippen molar-refractivity contribution in [3.8, 4) is 0 Å². The molecule has 142 valence electrons. The van der Waals surface area contributed by atoms with Crippen LogP contribution in [0.25, 0.3) is 0 Å². The molecule has 0 aromatic carbocycles. The number of hydrogen-bond acceptors (Lipinski definition) is 9. The Hall–Kier alpha value is 0.0600. The summed E-state index contributed by atoms with van der Waals surface area (Å²) in [5.41, 5.74) is 0. The summed E-state index contributed by atoms with van der Waals surface area (Å²) in [5.74, 6) is 0. The average molecular weight is 394 g/mol. The van der Waals surface area contributed by atoms with E-state index < -0.39 is 53.1 Å². The average Bonchev–Trinajstić information content (AvgIpc) is 2.99. The lowest BCUT2D eigenvalue weighted by Crippen LogP contribution is -2.28. The van der Waals surface area contributed by atoms with Crippen molar-refractivity contribution >= 4 is 15.6 Å². The van der Waals surface area contributed by atoms with Gasteiger partial charge in [0.1, 0.15) is 12.2 Å². The fraction of sp³-hybridized carbons (Fsp3) is 1.00. The highest BCUT2D eigenvalue weighted by Crippen LogP contribution is 2.48. The molecule has 0 aromatic rings. The van der Waals surface area contributed by atoms with Crippen LogP contribution in [-0.4, -0.2) is 69.0 Å². The van der Waals surface area contributed by atoms with Crippen LogP contribution in [0.4, 0.5) is 0 Å². The highest BCUT2D eigenvalue weighted by Gasteiger charge is 2.41. The maximum atomic E-state index is 11.9. The Morgan fingerprint density at radius 1 is 0.958 bits per heavy atom. The van der Waals surface area contributed by atoms with Crippen LogP contribution in [0.3, 0.4) is 0 Å². The van der Waals surface area contributed by atoms with Gasteiger partial charge in [0.05, 0.1) is 19.3 Å². The van der Waals surface area contributed by atoms with Crippen molar-refractivity contribution in [3.63, 3.8) is 0 Å². The van der Waals surface area contributed by atoms with Gasteiger partial charge in [0.2, 0.25) is 0 Å². The van der Waals surface area contributed by atoms with Crippen LogP contribution < -0.4 is 0 Å². The molecule has 0 amide bonds. The Morgan fingerprint density at radius 3 is 2.25 bits per heavy atom. The van der Waals surface area contributed by atoms with E-state index in [1.54, 1.807) is 0 Å². The lowest BCUT2D eigenvalue weighted by atomic mass is 10.2. The standard InChI is InChI=1S/C10H20O12P2/c11-9-2-1-6(20-9)4-19-24(16,17)22-7-3-10(12)21-8(7)5-18-23(13,14)15/h6-12H,1-5H2,(H,16,17)(H2,13,14,15)/t6-,7-,8+,9-,10-/m0/s1. The van der Waals surface area contributed by atoms with Gasteiger partial charge in [-0.2, -0.15) is 0 Å². The molecule has 2 rings (SSSR count). The first kappa shape index (κ1) is 20.4. The van der Waals surface area contributed by atoms with Gasteiger partial charge >= 0.3 is 15.6 Å². The van der Waals surface area contributed by atoms with Crippen molar-refractivity contribution in [2.45, 2.75) is 50.2 Å². The zero-order chi connectivity index (χ0) is 18.0. The Labute approximate surface area is 137 Å². The summed E-state index contributed by atoms with van der Waals surface area (Å²) < 4.78 is 46.5. The molecule has 0 radical (unpaired) electrons. The summed E-state index contributed by atoms with van der Waals surface area (Å²) in [6, 6.07) is 0. The van der Waals surface area contributed by atoms with Crippen LogP contribution in [0.2, 0.25) is 0 Å². The van der Waals surface area contributed by atoms with E-state index in [0.29, 0.717) is 12.8 Å². The Morgan fingerprint density at radius 2 is 1.67 bits per heavy atom. The van der Waals surface area contributed by atoms with Crippen LogP contribution >= 0.6 is 15.6 Å². The second kappa shape index (κ2) is 8.17. The third kappa shape index (κ3) is 6.75. The number of phosphoric ester groups is 2. The van der Waals surface area contributed by atoms with Crippen molar-refractivity contribution in [2.24, 2.45) is 0 Å². The van der Waals surface area contributed by atoms with Crippen LogP contribution in [0, 0.1) is 0 Å². The lowest BCUT2D eigenvalue weighted by Gasteiger charge is -2.22. The molecule has 2 saturated heterocycles. The van der Waals surface area contributed by atoms with Gasteiger partial charge in [0, 0.05) is 12.8 Å². The molecule has 0 saturated carbocycles. The molecule has 0 bridgehead atoms. The number of aliphatic hydroxyl groups is 2. The lowest BCUT2D eigenvalue weighted by molar-refractivity contribution is -0.108. The molecule has 1 unspecified atom stereocenters. The SMILES string of the molecule is O=P(O)(O)OC[C@H]1O[C@H](O)C[C@@H]1OP(=O)(O)OC[C@@H]1CC[C@@H](O)O1. The number of ether oxygens (including phenoxy) is 2. The van der Waals surface area contributed by atoms with E-state index in [1.807, 2.05) is 0 Å². The largest absolute Gasteiger partial charge is 0.472 e. The molecule has 0 aromatic heterocycles. The number of phosphoric acid groups is 2. The van der Waals surface area contributed by atoms with E-state index in [0.717, 1.165) is 0 Å². The number of aliphatic hydroxyl groups excluding tert-OH is 2. The Kier molecular flexibility index (Phi) is 6.94. The molecule has 6 atom stereocenters. The fourth-order valence-corrected chi connectivity index (χ4v) is 3.63. The molecule has 0 aliphatic carbocycles. The minimum atomic E-state index is -4.77. The van der Waals surface area contributed by atoms with Gasteiger partial charge in [0.25, 0.3) is 0 Å². The minimum absolute atomic E-state index is 0.207. The molecular formula is C10H20O12P2. The number of hydrogen-bond donors (Lipinski definition) is 5. The summed E-state index contributed by atoms with van der Waals surface area (Å²) in [5, 5.41) is 18.6. The van der Waals surface area contributed by atoms with Crippen molar-refractivity contribution in [2.75, 3.05) is 13.2 Å². The van der Waals surface area contributed by atoms with E-state index in [-0.39, 0.29) is 13.0 Å². The van der Waals surface area contributed by atoms with E-state index in [4.69, 9.17) is 28.3 Å². The second-order valence-electron chi connectivity index (χ2n) is 5.35. The van der Waals surface area contributed by atoms with Crippen molar-refractivity contribution in [3.05, 3.63) is 0 Å². The fourth-order valence-electron chi connectivity index (χ4n) is 2.31. The first-order valence-electron chi connectivity index (χ1n) is 7.07. The maximum absolute atomic E-state index is 11.9. The minimum Gasteiger partial charge on any atom is -0.368 e. The van der Waals surface area contributed by atoms with Crippen molar-refractivity contribution in [1.29, 1.82) is 0 Å². The van der Waals surface area contributed by atoms with Gasteiger partial charge in [-0.3, -0.25) is 13.6 Å². The molecule has 2 heterocycles. The highest BCUT2D eigenvalue weighted by molar-refractivity contribution is 7.47. The molecule has 2 aliphatic rings. The van der Waals surface area contributed by atoms with E-state index in [2.05, 4.69) is 4.52 Å². The molecule has 5 N–H and O–H groups in total. The number of rotatable bonds is 8. The van der Waals surface area contributed by atoms with Crippen LogP contribution in [0.1, 0.15) is 19.3 Å². The molecule has 0 spiro atoms. The molecule has 2 aliphatic heterocycles. The summed E-state index contributed by atoms with van der Waals surface area (Å²) in [6.45, 7) is -0.936. The smallest absolute Gasteiger partial charge is 0.368 e. The van der Waals surface area contributed by atoms with E-state index >= 15 is 0 Å². The molecule has 24 heavy (non-hydrogen) atoms. The zero-order valence-corrected chi connectivity index (χ0v) is 14.2. The van der Waals surface area contributed by atoms with Gasteiger partial charge in [-0.15, -0.1) is 0 Å². The summed E-state index contributed by atoms with van der Waals surface area (Å²) in [4.78, 5) is 27.0. The third-order valence-electron chi connectivity index (χ3n) is 3.36. The summed E-state index contributed by atoms with van der Waals surface area (Å²) >= 11 is 0. The van der Waals surface area contributed by atoms with E-state index in [9.17, 15) is 24.2 Å². The van der Waals surface area contributed by atoms with E-state index in [1.165, 1.54) is 0 Å². The van der Waals surface area contributed by atoms with Gasteiger partial charge in [0.15, 0.2) is 12.6 Å². The predicted molar refractivity (Wildman–Crippen MR) is 74.3 cm³/mol. The molecule has 12 nitrogen and oxygen atoms in total. The normalized spacial score (nSPS) is 36.8. The van der Waals surface area contributed by atoms with Gasteiger partial charge in [-0.25, -0.2) is 9.13 Å². The first-order chi connectivity index (χ1) is 11.0. The first-order valence-corrected chi connectivity index (χ1v) is 10.1. The maximum Gasteiger partial charge on any atom is 0.472 e. The van der Waals surface area contributed by atoms with Crippen LogP contribution in [-0.2, 0) is 32.2 Å². The van der Waals surface area contributed by atoms with Gasteiger partial charge < -0.3 is 34.4 Å². The molecular weight excluding hydrogens is 374 g/mol. The van der Waals surface area contributed by atoms with Crippen LogP contribution in [0.15, 0.2) is 0 Å². The zero-order valence-electron chi connectivity index (χ0n) is 12.4. The summed E-state index contributed by atoms with van der Waals surface area (Å²) in [6.07, 6.45) is -4.54. The second-order valence-corrected chi connectivity index (χ2v) is 7.99. The topological polar surface area (TPSA) is 181 Å². The highest BCUT2D eigenvalue weighted by atomic mass is 31.2. The monoisotopic (exact) mass is 394 g/mol. The molecule has 14 heteroatoms. The predicted octanol–water partition coefficient (Wildman–Crippen LogP) is -0.797. The third-order valence-corrected chi connectivity index (χ3v) is 4.86. The van der Waals surface area contributed by atoms with Crippen molar-refractivity contribution in [1.82, 2.24) is 0 Å². The van der Waals surface area contributed by atoms with Gasteiger partial charge in [-0.05, 0) is 6.42 Å². The van der Waals surface area contributed by atoms with Crippen molar-refractivity contribution < 1.29 is 57.1 Å². The van der Waals surface area contributed by atoms with Crippen LogP contribution in [0.5, 0.6) is 0 Å². The summed E-state index contributed by atoms with van der Waals surface area (Å²) in [7, 11) is -9.31. The quantitative estimate of drug-likeness (QED) is 0.324. The van der Waals surface area contributed by atoms with Gasteiger partial charge in [-0.1, -0.05) is 0 Å². The Bertz CT molecular complexity index is 508.